The minimum atomic E-state index is -5.06. The number of oxime groups is 1. The number of nitrogens with two attached hydrogens (primary N) is 1. The summed E-state index contributed by atoms with van der Waals surface area (Å²) in [4.78, 5) is 52.7. The summed E-state index contributed by atoms with van der Waals surface area (Å²) in [6.45, 7) is 10.7. The van der Waals surface area contributed by atoms with E-state index in [1.165, 1.54) is 26.2 Å². The van der Waals surface area contributed by atoms with Gasteiger partial charge in [0.15, 0.2) is 10.8 Å². The third-order valence-electron chi connectivity index (χ3n) is 7.41. The smallest absolute Gasteiger partial charge is 0.418 e. The number of rotatable bonds is 16. The zero-order valence-electron chi connectivity index (χ0n) is 27.8. The third-order valence-corrected chi connectivity index (χ3v) is 8.43. The minimum absolute atomic E-state index is 0.00524. The maximum atomic E-state index is 13.5. The molecule has 0 aliphatic carbocycles. The van der Waals surface area contributed by atoms with Gasteiger partial charge in [0.1, 0.15) is 29.3 Å². The van der Waals surface area contributed by atoms with E-state index in [0.717, 1.165) is 42.2 Å². The van der Waals surface area contributed by atoms with E-state index in [2.05, 4.69) is 30.0 Å². The average molecular weight is 725 g/mol. The highest BCUT2D eigenvalue weighted by Gasteiger charge is 2.38. The number of amides is 2. The van der Waals surface area contributed by atoms with Crippen molar-refractivity contribution in [2.75, 3.05) is 25.4 Å². The van der Waals surface area contributed by atoms with Crippen molar-refractivity contribution in [1.29, 1.82) is 0 Å². The van der Waals surface area contributed by atoms with Crippen molar-refractivity contribution in [1.82, 2.24) is 30.1 Å². The molecule has 4 heterocycles. The Balaban J connectivity index is 1.55. The SMILES string of the molecule is CC(NC(=O)/C(=N\OC(COc1ccc2nc(CC3CNC3)cn2c1)C(=O)OC(C)(C)C)c1csc(N)n1)C(C)(C)N(C=O)OS(=O)(=O)O. The molecule has 0 saturated carbocycles. The van der Waals surface area contributed by atoms with E-state index in [-0.39, 0.29) is 23.8 Å². The maximum Gasteiger partial charge on any atom is 0.418 e. The Morgan fingerprint density at radius 2 is 1.96 bits per heavy atom. The number of nitrogen functional groups attached to an aromatic ring is 1. The molecular formula is C29H40N8O10S2. The Kier molecular flexibility index (Phi) is 11.5. The molecule has 18 nitrogen and oxygen atoms in total. The van der Waals surface area contributed by atoms with Crippen LogP contribution in [0.1, 0.15) is 52.9 Å². The van der Waals surface area contributed by atoms with Crippen LogP contribution in [-0.4, -0.2) is 99.4 Å². The standard InChI is InChI=1S/C29H40N8O10S2/c1-17(29(5,6)37(16-38)47-49(41,42)43)32-25(39)24(21-15-48-27(30)34-21)35-46-22(26(40)45-28(2,3)4)14-44-20-7-8-23-33-19(12-36(23)13-20)9-18-10-31-11-18/h7-8,12-13,15-18,22,31H,9-11,14H2,1-6H3,(H2,30,34)(H,32,39)(H,41,42,43)/b35-24-. The molecule has 49 heavy (non-hydrogen) atoms. The monoisotopic (exact) mass is 724 g/mol. The van der Waals surface area contributed by atoms with Gasteiger partial charge in [-0.3, -0.25) is 14.1 Å². The molecule has 0 aromatic carbocycles. The number of ether oxygens (including phenoxy) is 2. The molecule has 5 N–H and O–H groups in total. The molecule has 1 aliphatic rings. The normalized spacial score (nSPS) is 15.6. The molecule has 2 amide bonds. The van der Waals surface area contributed by atoms with Gasteiger partial charge in [-0.05, 0) is 79.1 Å². The second-order valence-corrected chi connectivity index (χ2v) is 14.7. The zero-order chi connectivity index (χ0) is 36.1. The summed E-state index contributed by atoms with van der Waals surface area (Å²) in [5.74, 6) is -0.782. The lowest BCUT2D eigenvalue weighted by Gasteiger charge is -2.37. The molecule has 20 heteroatoms. The summed E-state index contributed by atoms with van der Waals surface area (Å²) in [5, 5.41) is 11.6. The number of hydrogen-bond donors (Lipinski definition) is 4. The molecule has 268 valence electrons. The predicted octanol–water partition coefficient (Wildman–Crippen LogP) is 1.12. The summed E-state index contributed by atoms with van der Waals surface area (Å²) in [7, 11) is -5.06. The summed E-state index contributed by atoms with van der Waals surface area (Å²) in [6.07, 6.45) is 3.05. The second kappa shape index (κ2) is 15.0. The Morgan fingerprint density at radius 3 is 2.53 bits per heavy atom. The second-order valence-electron chi connectivity index (χ2n) is 12.8. The van der Waals surface area contributed by atoms with Crippen LogP contribution in [0.3, 0.4) is 0 Å². The number of aromatic nitrogens is 3. The van der Waals surface area contributed by atoms with Gasteiger partial charge in [-0.15, -0.1) is 15.6 Å². The molecule has 3 aromatic rings. The minimum Gasteiger partial charge on any atom is -0.487 e. The van der Waals surface area contributed by atoms with E-state index in [1.807, 2.05) is 10.6 Å². The molecule has 2 unspecified atom stereocenters. The van der Waals surface area contributed by atoms with Crippen LogP contribution in [0.25, 0.3) is 5.65 Å². The van der Waals surface area contributed by atoms with Crippen molar-refractivity contribution >= 4 is 56.5 Å². The van der Waals surface area contributed by atoms with Crippen LogP contribution in [0.15, 0.2) is 35.1 Å². The number of pyridine rings is 1. The van der Waals surface area contributed by atoms with Crippen LogP contribution >= 0.6 is 11.3 Å². The fourth-order valence-corrected chi connectivity index (χ4v) is 5.36. The molecule has 1 fully saturated rings. The number of thiazole rings is 1. The number of hydroxylamine groups is 2. The van der Waals surface area contributed by atoms with Crippen LogP contribution in [0, 0.1) is 5.92 Å². The number of esters is 1. The molecule has 0 spiro atoms. The van der Waals surface area contributed by atoms with Gasteiger partial charge in [0.25, 0.3) is 12.0 Å². The first kappa shape index (κ1) is 37.4. The summed E-state index contributed by atoms with van der Waals surface area (Å²) < 4.78 is 49.2. The maximum absolute atomic E-state index is 13.5. The Morgan fingerprint density at radius 1 is 1.24 bits per heavy atom. The van der Waals surface area contributed by atoms with Gasteiger partial charge in [0.05, 0.1) is 23.5 Å². The van der Waals surface area contributed by atoms with Crippen LogP contribution in [0.5, 0.6) is 5.75 Å². The summed E-state index contributed by atoms with van der Waals surface area (Å²) >= 11 is 1.01. The van der Waals surface area contributed by atoms with E-state index in [9.17, 15) is 22.8 Å². The number of carbonyl (C=O) groups is 3. The lowest BCUT2D eigenvalue weighted by molar-refractivity contribution is -0.170. The predicted molar refractivity (Wildman–Crippen MR) is 177 cm³/mol. The van der Waals surface area contributed by atoms with E-state index in [4.69, 9.17) is 24.6 Å². The van der Waals surface area contributed by atoms with Crippen molar-refractivity contribution in [2.24, 2.45) is 11.1 Å². The average Bonchev–Trinajstić information content (AvgIpc) is 3.58. The number of imidazole rings is 1. The van der Waals surface area contributed by atoms with Gasteiger partial charge < -0.3 is 35.1 Å². The quantitative estimate of drug-likeness (QED) is 0.0533. The molecule has 1 aliphatic heterocycles. The molecular weight excluding hydrogens is 684 g/mol. The van der Waals surface area contributed by atoms with E-state index in [1.54, 1.807) is 39.1 Å². The van der Waals surface area contributed by atoms with Gasteiger partial charge in [0.2, 0.25) is 6.41 Å². The lowest BCUT2D eigenvalue weighted by Crippen LogP contribution is -2.58. The zero-order valence-corrected chi connectivity index (χ0v) is 29.4. The summed E-state index contributed by atoms with van der Waals surface area (Å²) in [6, 6.07) is 2.45. The number of carbonyl (C=O) groups excluding carboxylic acids is 3. The highest BCUT2D eigenvalue weighted by atomic mass is 32.3. The van der Waals surface area contributed by atoms with Crippen LogP contribution < -0.4 is 21.1 Å². The number of nitrogens with one attached hydrogen (secondary N) is 2. The van der Waals surface area contributed by atoms with Crippen molar-refractivity contribution in [2.45, 2.75) is 71.2 Å². The first-order valence-electron chi connectivity index (χ1n) is 15.1. The highest BCUT2D eigenvalue weighted by Crippen LogP contribution is 2.21. The summed E-state index contributed by atoms with van der Waals surface area (Å²) in [5.41, 5.74) is 4.63. The first-order valence-corrected chi connectivity index (χ1v) is 17.3. The van der Waals surface area contributed by atoms with Crippen molar-refractivity contribution in [3.63, 3.8) is 0 Å². The molecule has 3 aromatic heterocycles. The highest BCUT2D eigenvalue weighted by molar-refractivity contribution is 7.80. The number of nitrogens with zero attached hydrogens (tertiary/aromatic N) is 5. The molecule has 2 atom stereocenters. The Bertz CT molecular complexity index is 1800. The van der Waals surface area contributed by atoms with Gasteiger partial charge in [0, 0.05) is 11.6 Å². The van der Waals surface area contributed by atoms with E-state index in [0.29, 0.717) is 16.7 Å². The first-order chi connectivity index (χ1) is 22.8. The van der Waals surface area contributed by atoms with Crippen molar-refractivity contribution in [3.05, 3.63) is 41.3 Å². The fourth-order valence-electron chi connectivity index (χ4n) is 4.38. The number of fused-ring (bicyclic) bond motifs is 1. The molecule has 1 saturated heterocycles. The van der Waals surface area contributed by atoms with Gasteiger partial charge >= 0.3 is 16.4 Å². The van der Waals surface area contributed by atoms with E-state index < -0.39 is 51.3 Å². The molecule has 0 bridgehead atoms. The van der Waals surface area contributed by atoms with Crippen molar-refractivity contribution in [3.8, 4) is 5.75 Å². The van der Waals surface area contributed by atoms with Crippen LogP contribution in [0.4, 0.5) is 5.13 Å². The van der Waals surface area contributed by atoms with Crippen LogP contribution in [0.2, 0.25) is 0 Å². The number of anilines is 1. The molecule has 4 rings (SSSR count). The van der Waals surface area contributed by atoms with E-state index >= 15 is 0 Å². The van der Waals surface area contributed by atoms with Gasteiger partial charge in [-0.25, -0.2) is 14.8 Å². The van der Waals surface area contributed by atoms with Gasteiger partial charge in [-0.2, -0.15) is 13.5 Å². The Labute approximate surface area is 286 Å². The van der Waals surface area contributed by atoms with Crippen LogP contribution in [-0.2, 0) is 45.1 Å². The number of hydrogen-bond acceptors (Lipinski definition) is 15. The molecule has 0 radical (unpaired) electrons. The lowest BCUT2D eigenvalue weighted by atomic mass is 9.95. The van der Waals surface area contributed by atoms with Gasteiger partial charge in [-0.1, -0.05) is 5.16 Å². The van der Waals surface area contributed by atoms with Crippen molar-refractivity contribution < 1.29 is 45.9 Å². The largest absolute Gasteiger partial charge is 0.487 e. The fraction of sp³-hybridized carbons (Fsp3) is 0.517. The topological polar surface area (TPSA) is 238 Å². The Hall–Kier alpha value is -4.37. The third kappa shape index (κ3) is 10.3.